The predicted molar refractivity (Wildman–Crippen MR) is 98.4 cm³/mol. The topological polar surface area (TPSA) is 59.9 Å². The van der Waals surface area contributed by atoms with E-state index in [4.69, 9.17) is 9.47 Å². The Labute approximate surface area is 149 Å². The SMILES string of the molecule is CCOc1cc(/C=N/NC(=O)c2ccccc2)ccc1OCCBr. The molecule has 2 aromatic rings. The average Bonchev–Trinajstić information content (AvgIpc) is 2.62. The number of nitrogens with one attached hydrogen (secondary N) is 1. The minimum Gasteiger partial charge on any atom is -0.490 e. The molecule has 0 saturated carbocycles. The number of hydrogen-bond donors (Lipinski definition) is 1. The fraction of sp³-hybridized carbons (Fsp3) is 0.222. The van der Waals surface area contributed by atoms with Crippen LogP contribution in [0.1, 0.15) is 22.8 Å². The van der Waals surface area contributed by atoms with E-state index < -0.39 is 0 Å². The number of carbonyl (C=O) groups is 1. The van der Waals surface area contributed by atoms with Crippen LogP contribution < -0.4 is 14.9 Å². The first-order valence-corrected chi connectivity index (χ1v) is 8.70. The van der Waals surface area contributed by atoms with Crippen molar-refractivity contribution in [1.82, 2.24) is 5.43 Å². The van der Waals surface area contributed by atoms with Crippen molar-refractivity contribution in [2.45, 2.75) is 6.92 Å². The van der Waals surface area contributed by atoms with Crippen molar-refractivity contribution in [3.05, 3.63) is 59.7 Å². The molecule has 1 amide bonds. The maximum atomic E-state index is 11.9. The minimum atomic E-state index is -0.255. The maximum absolute atomic E-state index is 11.9. The Morgan fingerprint density at radius 2 is 1.96 bits per heavy atom. The molecule has 0 heterocycles. The van der Waals surface area contributed by atoms with E-state index in [0.717, 1.165) is 10.9 Å². The summed E-state index contributed by atoms with van der Waals surface area (Å²) >= 11 is 3.32. The third kappa shape index (κ3) is 5.38. The van der Waals surface area contributed by atoms with Crippen molar-refractivity contribution in [2.75, 3.05) is 18.5 Å². The summed E-state index contributed by atoms with van der Waals surface area (Å²) < 4.78 is 11.2. The molecule has 0 radical (unpaired) electrons. The van der Waals surface area contributed by atoms with Crippen LogP contribution in [-0.2, 0) is 0 Å². The first kappa shape index (κ1) is 18.0. The third-order valence-electron chi connectivity index (χ3n) is 3.02. The standard InChI is InChI=1S/C18H19BrN2O3/c1-2-23-17-12-14(8-9-16(17)24-11-10-19)13-20-21-18(22)15-6-4-3-5-7-15/h3-9,12-13H,2,10-11H2,1H3,(H,21,22)/b20-13+. The molecule has 0 bridgehead atoms. The molecule has 0 unspecified atom stereocenters. The number of halogens is 1. The maximum Gasteiger partial charge on any atom is 0.271 e. The van der Waals surface area contributed by atoms with Gasteiger partial charge < -0.3 is 9.47 Å². The highest BCUT2D eigenvalue weighted by atomic mass is 79.9. The molecule has 126 valence electrons. The van der Waals surface area contributed by atoms with Gasteiger partial charge in [0.2, 0.25) is 0 Å². The highest BCUT2D eigenvalue weighted by Gasteiger charge is 2.06. The number of hydrazone groups is 1. The Kier molecular flexibility index (Phi) is 7.29. The number of amides is 1. The van der Waals surface area contributed by atoms with Crippen LogP contribution in [0.2, 0.25) is 0 Å². The van der Waals surface area contributed by atoms with Gasteiger partial charge in [-0.15, -0.1) is 0 Å². The van der Waals surface area contributed by atoms with Gasteiger partial charge in [-0.2, -0.15) is 5.10 Å². The summed E-state index contributed by atoms with van der Waals surface area (Å²) in [6.07, 6.45) is 1.57. The average molecular weight is 391 g/mol. The van der Waals surface area contributed by atoms with Gasteiger partial charge in [0.25, 0.3) is 5.91 Å². The van der Waals surface area contributed by atoms with E-state index in [-0.39, 0.29) is 5.91 Å². The van der Waals surface area contributed by atoms with Gasteiger partial charge in [0.15, 0.2) is 11.5 Å². The van der Waals surface area contributed by atoms with E-state index in [2.05, 4.69) is 26.5 Å². The fourth-order valence-corrected chi connectivity index (χ4v) is 2.12. The van der Waals surface area contributed by atoms with E-state index in [0.29, 0.717) is 30.3 Å². The fourth-order valence-electron chi connectivity index (χ4n) is 1.96. The van der Waals surface area contributed by atoms with Crippen molar-refractivity contribution in [3.8, 4) is 11.5 Å². The van der Waals surface area contributed by atoms with Gasteiger partial charge in [0.05, 0.1) is 19.4 Å². The number of benzene rings is 2. The molecule has 0 spiro atoms. The van der Waals surface area contributed by atoms with Crippen LogP contribution in [0.25, 0.3) is 0 Å². The summed E-state index contributed by atoms with van der Waals surface area (Å²) in [4.78, 5) is 11.9. The molecule has 0 aliphatic rings. The Bertz CT molecular complexity index is 690. The third-order valence-corrected chi connectivity index (χ3v) is 3.34. The number of rotatable bonds is 8. The summed E-state index contributed by atoms with van der Waals surface area (Å²) in [6, 6.07) is 14.4. The molecule has 0 aliphatic heterocycles. The van der Waals surface area contributed by atoms with Crippen LogP contribution >= 0.6 is 15.9 Å². The normalized spacial score (nSPS) is 10.6. The molecule has 0 aliphatic carbocycles. The molecule has 0 saturated heterocycles. The first-order chi connectivity index (χ1) is 11.7. The van der Waals surface area contributed by atoms with E-state index in [9.17, 15) is 4.79 Å². The number of hydrogen-bond acceptors (Lipinski definition) is 4. The molecule has 2 rings (SSSR count). The van der Waals surface area contributed by atoms with Gasteiger partial charge in [-0.3, -0.25) is 4.79 Å². The molecule has 2 aromatic carbocycles. The second-order valence-corrected chi connectivity index (χ2v) is 5.53. The second-order valence-electron chi connectivity index (χ2n) is 4.74. The molecule has 0 aromatic heterocycles. The zero-order chi connectivity index (χ0) is 17.2. The van der Waals surface area contributed by atoms with Crippen molar-refractivity contribution in [2.24, 2.45) is 5.10 Å². The zero-order valence-electron chi connectivity index (χ0n) is 13.4. The lowest BCUT2D eigenvalue weighted by molar-refractivity contribution is 0.0955. The molecule has 1 N–H and O–H groups in total. The first-order valence-electron chi connectivity index (χ1n) is 7.58. The minimum absolute atomic E-state index is 0.255. The summed E-state index contributed by atoms with van der Waals surface area (Å²) in [5.74, 6) is 1.08. The van der Waals surface area contributed by atoms with Crippen LogP contribution in [0.3, 0.4) is 0 Å². The lowest BCUT2D eigenvalue weighted by atomic mass is 10.2. The van der Waals surface area contributed by atoms with Gasteiger partial charge in [-0.25, -0.2) is 5.43 Å². The Morgan fingerprint density at radius 3 is 2.67 bits per heavy atom. The van der Waals surface area contributed by atoms with Crippen LogP contribution in [-0.4, -0.2) is 30.7 Å². The van der Waals surface area contributed by atoms with Gasteiger partial charge >= 0.3 is 0 Å². The van der Waals surface area contributed by atoms with Gasteiger partial charge in [0, 0.05) is 10.9 Å². The van der Waals surface area contributed by atoms with Crippen molar-refractivity contribution < 1.29 is 14.3 Å². The molecular weight excluding hydrogens is 372 g/mol. The van der Waals surface area contributed by atoms with Crippen LogP contribution in [0, 0.1) is 0 Å². The summed E-state index contributed by atoms with van der Waals surface area (Å²) in [5, 5.41) is 4.73. The van der Waals surface area contributed by atoms with Crippen molar-refractivity contribution in [3.63, 3.8) is 0 Å². The van der Waals surface area contributed by atoms with Crippen LogP contribution in [0.5, 0.6) is 11.5 Å². The lowest BCUT2D eigenvalue weighted by Crippen LogP contribution is -2.17. The monoisotopic (exact) mass is 390 g/mol. The van der Waals surface area contributed by atoms with Gasteiger partial charge in [-0.1, -0.05) is 34.1 Å². The number of nitrogens with zero attached hydrogens (tertiary/aromatic N) is 1. The van der Waals surface area contributed by atoms with Crippen LogP contribution in [0.4, 0.5) is 0 Å². The second kappa shape index (κ2) is 9.72. The number of carbonyl (C=O) groups excluding carboxylic acids is 1. The van der Waals surface area contributed by atoms with Crippen molar-refractivity contribution >= 4 is 28.1 Å². The Hall–Kier alpha value is -2.34. The summed E-state index contributed by atoms with van der Waals surface area (Å²) in [5.41, 5.74) is 3.86. The van der Waals surface area contributed by atoms with Gasteiger partial charge in [0.1, 0.15) is 0 Å². The summed E-state index contributed by atoms with van der Waals surface area (Å²) in [7, 11) is 0. The van der Waals surface area contributed by atoms with Crippen LogP contribution in [0.15, 0.2) is 53.6 Å². The highest BCUT2D eigenvalue weighted by molar-refractivity contribution is 9.09. The van der Waals surface area contributed by atoms with E-state index >= 15 is 0 Å². The smallest absolute Gasteiger partial charge is 0.271 e. The lowest BCUT2D eigenvalue weighted by Gasteiger charge is -2.11. The van der Waals surface area contributed by atoms with E-state index in [1.165, 1.54) is 0 Å². The van der Waals surface area contributed by atoms with E-state index in [1.807, 2.05) is 31.2 Å². The number of ether oxygens (including phenoxy) is 2. The van der Waals surface area contributed by atoms with Gasteiger partial charge in [-0.05, 0) is 42.8 Å². The number of alkyl halides is 1. The molecular formula is C18H19BrN2O3. The Balaban J connectivity index is 2.03. The largest absolute Gasteiger partial charge is 0.490 e. The Morgan fingerprint density at radius 1 is 1.17 bits per heavy atom. The quantitative estimate of drug-likeness (QED) is 0.425. The molecule has 0 atom stereocenters. The van der Waals surface area contributed by atoms with E-state index in [1.54, 1.807) is 30.5 Å². The molecule has 0 fully saturated rings. The molecule has 5 nitrogen and oxygen atoms in total. The highest BCUT2D eigenvalue weighted by Crippen LogP contribution is 2.28. The van der Waals surface area contributed by atoms with Crippen molar-refractivity contribution in [1.29, 1.82) is 0 Å². The zero-order valence-corrected chi connectivity index (χ0v) is 15.0. The predicted octanol–water partition coefficient (Wildman–Crippen LogP) is 3.62. The summed E-state index contributed by atoms with van der Waals surface area (Å²) in [6.45, 7) is 3.01. The molecule has 6 heteroatoms. The molecule has 24 heavy (non-hydrogen) atoms.